The van der Waals surface area contributed by atoms with Crippen LogP contribution in [0.1, 0.15) is 39.1 Å². The number of rotatable bonds is 5. The first-order valence-corrected chi connectivity index (χ1v) is 5.56. The molecule has 1 aromatic heterocycles. The van der Waals surface area contributed by atoms with E-state index in [1.54, 1.807) is 12.4 Å². The Hall–Kier alpha value is -1.36. The highest BCUT2D eigenvalue weighted by Gasteiger charge is 2.18. The summed E-state index contributed by atoms with van der Waals surface area (Å²) in [6.07, 6.45) is 4.08. The average Bonchev–Trinajstić information content (AvgIpc) is 2.68. The molecular formula is C11H20N4O. The zero-order valence-electron chi connectivity index (χ0n) is 10.0. The number of nitrogens with one attached hydrogen (secondary N) is 2. The minimum absolute atomic E-state index is 0.127. The summed E-state index contributed by atoms with van der Waals surface area (Å²) in [5.41, 5.74) is 5.78. The molecule has 0 fully saturated rings. The first kappa shape index (κ1) is 12.7. The van der Waals surface area contributed by atoms with Gasteiger partial charge >= 0.3 is 0 Å². The maximum Gasteiger partial charge on any atom is 0.237 e. The van der Waals surface area contributed by atoms with Crippen molar-refractivity contribution in [3.8, 4) is 0 Å². The molecule has 4 N–H and O–H groups in total. The second-order valence-corrected chi connectivity index (χ2v) is 4.44. The van der Waals surface area contributed by atoms with Gasteiger partial charge in [-0.3, -0.25) is 4.79 Å². The third-order valence-corrected chi connectivity index (χ3v) is 2.35. The van der Waals surface area contributed by atoms with Crippen LogP contribution in [0.4, 0.5) is 0 Å². The molecule has 1 unspecified atom stereocenters. The van der Waals surface area contributed by atoms with E-state index < -0.39 is 6.04 Å². The maximum atomic E-state index is 11.7. The minimum atomic E-state index is -0.447. The van der Waals surface area contributed by atoms with Crippen LogP contribution in [-0.4, -0.2) is 21.9 Å². The van der Waals surface area contributed by atoms with E-state index in [2.05, 4.69) is 15.3 Å². The van der Waals surface area contributed by atoms with E-state index in [4.69, 9.17) is 5.73 Å². The molecular weight excluding hydrogens is 204 g/mol. The van der Waals surface area contributed by atoms with Gasteiger partial charge in [0.05, 0.1) is 12.1 Å². The van der Waals surface area contributed by atoms with Crippen molar-refractivity contribution >= 4 is 5.91 Å². The molecule has 0 saturated carbocycles. The number of carbonyl (C=O) groups is 1. The standard InChI is InChI=1S/C11H20N4O/c1-7(2)6-9(12)11(16)15-8(3)10-13-4-5-14-10/h4-5,7-9H,6,12H2,1-3H3,(H,13,14)(H,15,16)/t8?,9-/m0/s1. The first-order valence-electron chi connectivity index (χ1n) is 5.56. The highest BCUT2D eigenvalue weighted by atomic mass is 16.2. The minimum Gasteiger partial charge on any atom is -0.347 e. The molecule has 5 nitrogen and oxygen atoms in total. The van der Waals surface area contributed by atoms with Gasteiger partial charge in [-0.05, 0) is 19.3 Å². The molecule has 0 spiro atoms. The molecule has 0 radical (unpaired) electrons. The van der Waals surface area contributed by atoms with Gasteiger partial charge in [-0.1, -0.05) is 13.8 Å². The van der Waals surface area contributed by atoms with Crippen LogP contribution in [0, 0.1) is 5.92 Å². The van der Waals surface area contributed by atoms with E-state index in [1.165, 1.54) is 0 Å². The van der Waals surface area contributed by atoms with Crippen molar-refractivity contribution in [3.05, 3.63) is 18.2 Å². The zero-order chi connectivity index (χ0) is 12.1. The monoisotopic (exact) mass is 224 g/mol. The topological polar surface area (TPSA) is 83.8 Å². The predicted octanol–water partition coefficient (Wildman–Crippen LogP) is 0.960. The van der Waals surface area contributed by atoms with Crippen molar-refractivity contribution < 1.29 is 4.79 Å². The van der Waals surface area contributed by atoms with E-state index in [0.717, 1.165) is 5.82 Å². The number of nitrogens with zero attached hydrogens (tertiary/aromatic N) is 1. The molecule has 0 aliphatic carbocycles. The smallest absolute Gasteiger partial charge is 0.237 e. The van der Waals surface area contributed by atoms with Gasteiger partial charge in [-0.2, -0.15) is 0 Å². The summed E-state index contributed by atoms with van der Waals surface area (Å²) in [6.45, 7) is 5.96. The van der Waals surface area contributed by atoms with Crippen molar-refractivity contribution in [2.45, 2.75) is 39.3 Å². The Kier molecular flexibility index (Phi) is 4.49. The molecule has 0 aromatic carbocycles. The molecule has 16 heavy (non-hydrogen) atoms. The lowest BCUT2D eigenvalue weighted by molar-refractivity contribution is -0.123. The summed E-state index contributed by atoms with van der Waals surface area (Å²) >= 11 is 0. The number of hydrogen-bond donors (Lipinski definition) is 3. The van der Waals surface area contributed by atoms with E-state index in [-0.39, 0.29) is 11.9 Å². The summed E-state index contributed by atoms with van der Waals surface area (Å²) in [5, 5.41) is 2.83. The first-order chi connectivity index (χ1) is 7.50. The van der Waals surface area contributed by atoms with Crippen LogP contribution in [0.5, 0.6) is 0 Å². The van der Waals surface area contributed by atoms with Gasteiger partial charge < -0.3 is 16.0 Å². The lowest BCUT2D eigenvalue weighted by Crippen LogP contribution is -2.42. The predicted molar refractivity (Wildman–Crippen MR) is 62.6 cm³/mol. The van der Waals surface area contributed by atoms with Crippen LogP contribution in [0.2, 0.25) is 0 Å². The fourth-order valence-electron chi connectivity index (χ4n) is 1.52. The third-order valence-electron chi connectivity index (χ3n) is 2.35. The summed E-state index contributed by atoms with van der Waals surface area (Å²) in [5.74, 6) is 1.03. The Bertz CT molecular complexity index is 321. The van der Waals surface area contributed by atoms with Crippen molar-refractivity contribution in [1.82, 2.24) is 15.3 Å². The highest BCUT2D eigenvalue weighted by Crippen LogP contribution is 2.07. The SMILES string of the molecule is CC(C)C[C@H](N)C(=O)NC(C)c1ncc[nH]1. The van der Waals surface area contributed by atoms with Gasteiger partial charge in [-0.15, -0.1) is 0 Å². The lowest BCUT2D eigenvalue weighted by Gasteiger charge is -2.17. The number of aromatic amines is 1. The second kappa shape index (κ2) is 5.65. The van der Waals surface area contributed by atoms with Crippen LogP contribution >= 0.6 is 0 Å². The van der Waals surface area contributed by atoms with Gasteiger partial charge in [0.25, 0.3) is 0 Å². The zero-order valence-corrected chi connectivity index (χ0v) is 10.0. The Labute approximate surface area is 95.8 Å². The summed E-state index contributed by atoms with van der Waals surface area (Å²) < 4.78 is 0. The van der Waals surface area contributed by atoms with E-state index in [9.17, 15) is 4.79 Å². The van der Waals surface area contributed by atoms with Crippen molar-refractivity contribution in [3.63, 3.8) is 0 Å². The molecule has 1 rings (SSSR count). The number of nitrogens with two attached hydrogens (primary N) is 1. The van der Waals surface area contributed by atoms with Gasteiger partial charge in [0.1, 0.15) is 5.82 Å². The van der Waals surface area contributed by atoms with Gasteiger partial charge in [0, 0.05) is 12.4 Å². The Morgan fingerprint density at radius 1 is 1.56 bits per heavy atom. The van der Waals surface area contributed by atoms with Crippen molar-refractivity contribution in [2.24, 2.45) is 11.7 Å². The molecule has 0 aliphatic heterocycles. The second-order valence-electron chi connectivity index (χ2n) is 4.44. The quantitative estimate of drug-likeness (QED) is 0.696. The largest absolute Gasteiger partial charge is 0.347 e. The molecule has 5 heteroatoms. The molecule has 0 saturated heterocycles. The van der Waals surface area contributed by atoms with Gasteiger partial charge in [0.2, 0.25) is 5.91 Å². The Morgan fingerprint density at radius 3 is 2.75 bits per heavy atom. The summed E-state index contributed by atoms with van der Waals surface area (Å²) in [7, 11) is 0. The average molecular weight is 224 g/mol. The lowest BCUT2D eigenvalue weighted by atomic mass is 10.0. The van der Waals surface area contributed by atoms with E-state index in [0.29, 0.717) is 12.3 Å². The van der Waals surface area contributed by atoms with Crippen LogP contribution in [0.15, 0.2) is 12.4 Å². The molecule has 1 heterocycles. The van der Waals surface area contributed by atoms with E-state index >= 15 is 0 Å². The van der Waals surface area contributed by atoms with E-state index in [1.807, 2.05) is 20.8 Å². The third kappa shape index (κ3) is 3.66. The molecule has 0 aliphatic rings. The van der Waals surface area contributed by atoms with Crippen LogP contribution in [-0.2, 0) is 4.79 Å². The molecule has 1 aromatic rings. The van der Waals surface area contributed by atoms with Gasteiger partial charge in [0.15, 0.2) is 0 Å². The normalized spacial score (nSPS) is 14.8. The summed E-state index contributed by atoms with van der Waals surface area (Å²) in [6, 6.07) is -0.585. The Balaban J connectivity index is 2.45. The number of imidazole rings is 1. The van der Waals surface area contributed by atoms with Gasteiger partial charge in [-0.25, -0.2) is 4.98 Å². The Morgan fingerprint density at radius 2 is 2.25 bits per heavy atom. The fourth-order valence-corrected chi connectivity index (χ4v) is 1.52. The number of carbonyl (C=O) groups excluding carboxylic acids is 1. The molecule has 90 valence electrons. The molecule has 1 amide bonds. The van der Waals surface area contributed by atoms with Crippen molar-refractivity contribution in [1.29, 1.82) is 0 Å². The van der Waals surface area contributed by atoms with Crippen LogP contribution in [0.25, 0.3) is 0 Å². The molecule has 0 bridgehead atoms. The molecule has 2 atom stereocenters. The fraction of sp³-hybridized carbons (Fsp3) is 0.636. The highest BCUT2D eigenvalue weighted by molar-refractivity contribution is 5.81. The van der Waals surface area contributed by atoms with Crippen LogP contribution < -0.4 is 11.1 Å². The van der Waals surface area contributed by atoms with Crippen molar-refractivity contribution in [2.75, 3.05) is 0 Å². The maximum absolute atomic E-state index is 11.7. The number of aromatic nitrogens is 2. The number of hydrogen-bond acceptors (Lipinski definition) is 3. The number of amides is 1. The van der Waals surface area contributed by atoms with Crippen LogP contribution in [0.3, 0.4) is 0 Å². The number of H-pyrrole nitrogens is 1. The summed E-state index contributed by atoms with van der Waals surface area (Å²) in [4.78, 5) is 18.7.